The number of rotatable bonds is 10. The molecule has 0 saturated carbocycles. The summed E-state index contributed by atoms with van der Waals surface area (Å²) in [5.41, 5.74) is 0.263. The van der Waals surface area contributed by atoms with E-state index >= 15 is 0 Å². The SMILES string of the molecule is COc1ccc(S(=O)(=O)N2CCOCC2)cc1NC(=O)CN(c1ccc(OC)c(OC)c1)S(C)(=O)=O. The first-order chi connectivity index (χ1) is 17.0. The summed E-state index contributed by atoms with van der Waals surface area (Å²) in [7, 11) is -3.50. The van der Waals surface area contributed by atoms with E-state index in [1.165, 1.54) is 62.0 Å². The molecule has 198 valence electrons. The Labute approximate surface area is 210 Å². The summed E-state index contributed by atoms with van der Waals surface area (Å²) in [4.78, 5) is 12.9. The minimum absolute atomic E-state index is 0.0413. The van der Waals surface area contributed by atoms with E-state index in [4.69, 9.17) is 18.9 Å². The van der Waals surface area contributed by atoms with Gasteiger partial charge in [-0.3, -0.25) is 9.10 Å². The van der Waals surface area contributed by atoms with Crippen molar-refractivity contribution in [2.24, 2.45) is 0 Å². The van der Waals surface area contributed by atoms with Gasteiger partial charge in [0.15, 0.2) is 11.5 Å². The standard InChI is InChI=1S/C22H29N3O9S2/c1-31-19-8-6-17(36(29,30)24-9-11-34-12-10-24)14-18(19)23-22(26)15-25(35(4,27)28)16-5-7-20(32-2)21(13-16)33-3/h5-8,13-14H,9-12,15H2,1-4H3,(H,23,26). The first-order valence-corrected chi connectivity index (χ1v) is 14.1. The molecule has 0 spiro atoms. The zero-order valence-corrected chi connectivity index (χ0v) is 22.0. The van der Waals surface area contributed by atoms with Crippen molar-refractivity contribution in [2.45, 2.75) is 4.90 Å². The van der Waals surface area contributed by atoms with Crippen LogP contribution < -0.4 is 23.8 Å². The monoisotopic (exact) mass is 543 g/mol. The molecule has 3 rings (SSSR count). The number of nitrogens with zero attached hydrogens (tertiary/aromatic N) is 2. The lowest BCUT2D eigenvalue weighted by Crippen LogP contribution is -2.40. The first kappa shape index (κ1) is 27.5. The molecule has 1 amide bonds. The second kappa shape index (κ2) is 11.3. The topological polar surface area (TPSA) is 141 Å². The van der Waals surface area contributed by atoms with Crippen LogP contribution in [0, 0.1) is 0 Å². The van der Waals surface area contributed by atoms with Crippen LogP contribution in [0.5, 0.6) is 17.2 Å². The Kier molecular flexibility index (Phi) is 8.66. The van der Waals surface area contributed by atoms with Crippen LogP contribution in [0.15, 0.2) is 41.3 Å². The molecule has 36 heavy (non-hydrogen) atoms. The van der Waals surface area contributed by atoms with E-state index in [1.807, 2.05) is 0 Å². The molecule has 0 bridgehead atoms. The summed E-state index contributed by atoms with van der Waals surface area (Å²) >= 11 is 0. The number of carbonyl (C=O) groups excluding carboxylic acids is 1. The molecule has 1 aliphatic heterocycles. The largest absolute Gasteiger partial charge is 0.495 e. The van der Waals surface area contributed by atoms with E-state index in [2.05, 4.69) is 5.32 Å². The van der Waals surface area contributed by atoms with Crippen molar-refractivity contribution >= 4 is 37.3 Å². The number of sulfonamides is 2. The van der Waals surface area contributed by atoms with E-state index in [0.717, 1.165) is 10.6 Å². The smallest absolute Gasteiger partial charge is 0.245 e. The Morgan fingerprint density at radius 1 is 0.944 bits per heavy atom. The van der Waals surface area contributed by atoms with Crippen molar-refractivity contribution < 1.29 is 40.6 Å². The first-order valence-electron chi connectivity index (χ1n) is 10.8. The summed E-state index contributed by atoms with van der Waals surface area (Å²) in [5, 5.41) is 2.57. The molecule has 0 atom stereocenters. The zero-order chi connectivity index (χ0) is 26.5. The Morgan fingerprint density at radius 2 is 1.56 bits per heavy atom. The molecule has 0 aliphatic carbocycles. The van der Waals surface area contributed by atoms with Crippen molar-refractivity contribution in [3.8, 4) is 17.2 Å². The fourth-order valence-corrected chi connectivity index (χ4v) is 5.86. The third-order valence-electron chi connectivity index (χ3n) is 5.40. The van der Waals surface area contributed by atoms with Gasteiger partial charge in [-0.1, -0.05) is 0 Å². The van der Waals surface area contributed by atoms with Gasteiger partial charge in [0.1, 0.15) is 12.3 Å². The minimum atomic E-state index is -3.88. The number of amides is 1. The Bertz CT molecular complexity index is 1310. The second-order valence-electron chi connectivity index (χ2n) is 7.74. The summed E-state index contributed by atoms with van der Waals surface area (Å²) in [6.45, 7) is 0.417. The van der Waals surface area contributed by atoms with Crippen LogP contribution in [-0.4, -0.2) is 87.5 Å². The minimum Gasteiger partial charge on any atom is -0.495 e. The van der Waals surface area contributed by atoms with Gasteiger partial charge in [-0.25, -0.2) is 16.8 Å². The summed E-state index contributed by atoms with van der Waals surface area (Å²) in [6, 6.07) is 8.52. The van der Waals surface area contributed by atoms with Crippen molar-refractivity contribution in [2.75, 3.05) is 70.1 Å². The van der Waals surface area contributed by atoms with Gasteiger partial charge in [-0.15, -0.1) is 0 Å². The third-order valence-corrected chi connectivity index (χ3v) is 8.43. The maximum absolute atomic E-state index is 13.0. The average molecular weight is 544 g/mol. The summed E-state index contributed by atoms with van der Waals surface area (Å²) in [5.74, 6) is 0.171. The predicted molar refractivity (Wildman–Crippen MR) is 133 cm³/mol. The van der Waals surface area contributed by atoms with Gasteiger partial charge in [0.2, 0.25) is 26.0 Å². The van der Waals surface area contributed by atoms with Gasteiger partial charge in [-0.05, 0) is 30.3 Å². The molecule has 1 aliphatic rings. The van der Waals surface area contributed by atoms with Crippen LogP contribution in [0.3, 0.4) is 0 Å². The molecule has 1 N–H and O–H groups in total. The third kappa shape index (κ3) is 6.19. The van der Waals surface area contributed by atoms with Crippen molar-refractivity contribution in [3.05, 3.63) is 36.4 Å². The molecule has 12 nitrogen and oxygen atoms in total. The lowest BCUT2D eigenvalue weighted by molar-refractivity contribution is -0.114. The number of nitrogens with one attached hydrogen (secondary N) is 1. The summed E-state index contributed by atoms with van der Waals surface area (Å²) < 4.78 is 74.2. The van der Waals surface area contributed by atoms with Gasteiger partial charge >= 0.3 is 0 Å². The second-order valence-corrected chi connectivity index (χ2v) is 11.6. The maximum atomic E-state index is 13.0. The van der Waals surface area contributed by atoms with Crippen LogP contribution in [0.4, 0.5) is 11.4 Å². The van der Waals surface area contributed by atoms with Gasteiger partial charge in [-0.2, -0.15) is 4.31 Å². The molecular weight excluding hydrogens is 514 g/mol. The Balaban J connectivity index is 1.88. The van der Waals surface area contributed by atoms with Crippen LogP contribution in [0.25, 0.3) is 0 Å². The van der Waals surface area contributed by atoms with E-state index < -0.39 is 32.5 Å². The molecule has 0 unspecified atom stereocenters. The molecule has 1 heterocycles. The highest BCUT2D eigenvalue weighted by atomic mass is 32.2. The van der Waals surface area contributed by atoms with Crippen LogP contribution in [0.1, 0.15) is 0 Å². The molecule has 0 radical (unpaired) electrons. The van der Waals surface area contributed by atoms with Gasteiger partial charge in [0.05, 0.1) is 57.1 Å². The Hall–Kier alpha value is -3.07. The van der Waals surface area contributed by atoms with Crippen LogP contribution in [-0.2, 0) is 29.6 Å². The Morgan fingerprint density at radius 3 is 2.14 bits per heavy atom. The fraction of sp³-hybridized carbons (Fsp3) is 0.409. The highest BCUT2D eigenvalue weighted by Gasteiger charge is 2.28. The molecule has 2 aromatic carbocycles. The molecule has 14 heteroatoms. The molecule has 2 aromatic rings. The van der Waals surface area contributed by atoms with Gasteiger partial charge < -0.3 is 24.3 Å². The predicted octanol–water partition coefficient (Wildman–Crippen LogP) is 1.14. The highest BCUT2D eigenvalue weighted by molar-refractivity contribution is 7.92. The normalized spacial score (nSPS) is 14.7. The number of anilines is 2. The van der Waals surface area contributed by atoms with E-state index in [9.17, 15) is 21.6 Å². The number of methoxy groups -OCH3 is 3. The van der Waals surface area contributed by atoms with Crippen LogP contribution >= 0.6 is 0 Å². The number of hydrogen-bond donors (Lipinski definition) is 1. The molecular formula is C22H29N3O9S2. The lowest BCUT2D eigenvalue weighted by Gasteiger charge is -2.26. The quantitative estimate of drug-likeness (QED) is 0.467. The molecule has 1 fully saturated rings. The fourth-order valence-electron chi connectivity index (χ4n) is 3.58. The van der Waals surface area contributed by atoms with E-state index in [1.54, 1.807) is 0 Å². The number of benzene rings is 2. The van der Waals surface area contributed by atoms with Crippen molar-refractivity contribution in [3.63, 3.8) is 0 Å². The lowest BCUT2D eigenvalue weighted by atomic mass is 10.2. The summed E-state index contributed by atoms with van der Waals surface area (Å²) in [6.07, 6.45) is 0.965. The highest BCUT2D eigenvalue weighted by Crippen LogP contribution is 2.33. The average Bonchev–Trinajstić information content (AvgIpc) is 2.86. The number of morpholine rings is 1. The van der Waals surface area contributed by atoms with Gasteiger partial charge in [0.25, 0.3) is 0 Å². The van der Waals surface area contributed by atoms with E-state index in [0.29, 0.717) is 5.75 Å². The number of carbonyl (C=O) groups is 1. The molecule has 1 saturated heterocycles. The number of ether oxygens (including phenoxy) is 4. The van der Waals surface area contributed by atoms with Crippen molar-refractivity contribution in [1.82, 2.24) is 4.31 Å². The zero-order valence-electron chi connectivity index (χ0n) is 20.4. The maximum Gasteiger partial charge on any atom is 0.245 e. The van der Waals surface area contributed by atoms with Crippen molar-refractivity contribution in [1.29, 1.82) is 0 Å². The number of hydrogen-bond acceptors (Lipinski definition) is 9. The van der Waals surface area contributed by atoms with Crippen LogP contribution in [0.2, 0.25) is 0 Å². The van der Waals surface area contributed by atoms with E-state index in [-0.39, 0.29) is 54.1 Å². The molecule has 0 aromatic heterocycles. The van der Waals surface area contributed by atoms with Gasteiger partial charge in [0, 0.05) is 19.2 Å².